The molecular formula is C12H20N2. The Morgan fingerprint density at radius 3 is 2.79 bits per heavy atom. The Morgan fingerprint density at radius 2 is 2.07 bits per heavy atom. The van der Waals surface area contributed by atoms with Gasteiger partial charge in [0, 0.05) is 6.04 Å². The SMILES string of the molecule is CC1=CC(NC2CCCCC2)NC=C1. The maximum atomic E-state index is 3.65. The number of hydrogen-bond donors (Lipinski definition) is 2. The van der Waals surface area contributed by atoms with E-state index in [2.05, 4.69) is 29.7 Å². The molecule has 1 heterocycles. The van der Waals surface area contributed by atoms with Gasteiger partial charge in [-0.05, 0) is 38.1 Å². The Labute approximate surface area is 86.5 Å². The third-order valence-electron chi connectivity index (χ3n) is 3.07. The summed E-state index contributed by atoms with van der Waals surface area (Å²) in [5.74, 6) is 0. The molecule has 78 valence electrons. The summed E-state index contributed by atoms with van der Waals surface area (Å²) in [5, 5.41) is 6.98. The second-order valence-corrected chi connectivity index (χ2v) is 4.39. The van der Waals surface area contributed by atoms with Gasteiger partial charge in [0.2, 0.25) is 0 Å². The number of rotatable bonds is 2. The van der Waals surface area contributed by atoms with Crippen LogP contribution in [0.25, 0.3) is 0 Å². The molecule has 0 aromatic heterocycles. The molecular weight excluding hydrogens is 172 g/mol. The van der Waals surface area contributed by atoms with Crippen LogP contribution in [0.5, 0.6) is 0 Å². The fraction of sp³-hybridized carbons (Fsp3) is 0.667. The van der Waals surface area contributed by atoms with Crippen LogP contribution in [0, 0.1) is 0 Å². The van der Waals surface area contributed by atoms with E-state index in [1.807, 2.05) is 6.20 Å². The Morgan fingerprint density at radius 1 is 1.29 bits per heavy atom. The molecule has 2 N–H and O–H groups in total. The summed E-state index contributed by atoms with van der Waals surface area (Å²) < 4.78 is 0. The fourth-order valence-corrected chi connectivity index (χ4v) is 2.27. The summed E-state index contributed by atoms with van der Waals surface area (Å²) in [7, 11) is 0. The first-order valence-corrected chi connectivity index (χ1v) is 5.72. The highest BCUT2D eigenvalue weighted by atomic mass is 15.1. The van der Waals surface area contributed by atoms with Crippen molar-refractivity contribution in [3.8, 4) is 0 Å². The van der Waals surface area contributed by atoms with Gasteiger partial charge < -0.3 is 5.32 Å². The molecule has 1 saturated carbocycles. The van der Waals surface area contributed by atoms with Crippen molar-refractivity contribution >= 4 is 0 Å². The summed E-state index contributed by atoms with van der Waals surface area (Å²) >= 11 is 0. The van der Waals surface area contributed by atoms with Crippen LogP contribution in [0.15, 0.2) is 23.9 Å². The maximum Gasteiger partial charge on any atom is 0.0964 e. The minimum atomic E-state index is 0.350. The van der Waals surface area contributed by atoms with E-state index < -0.39 is 0 Å². The molecule has 0 amide bonds. The Balaban J connectivity index is 1.82. The number of hydrogen-bond acceptors (Lipinski definition) is 2. The van der Waals surface area contributed by atoms with Gasteiger partial charge in [0.25, 0.3) is 0 Å². The predicted octanol–water partition coefficient (Wildman–Crippen LogP) is 2.30. The first-order valence-electron chi connectivity index (χ1n) is 5.72. The number of nitrogens with one attached hydrogen (secondary N) is 2. The second kappa shape index (κ2) is 4.65. The molecule has 1 aliphatic heterocycles. The van der Waals surface area contributed by atoms with Gasteiger partial charge in [-0.2, -0.15) is 0 Å². The standard InChI is InChI=1S/C12H20N2/c1-10-7-8-13-12(9-10)14-11-5-3-2-4-6-11/h7-9,11-14H,2-6H2,1H3. The van der Waals surface area contributed by atoms with E-state index in [0.717, 1.165) is 6.04 Å². The molecule has 2 heteroatoms. The molecule has 1 aliphatic carbocycles. The van der Waals surface area contributed by atoms with Gasteiger partial charge in [-0.3, -0.25) is 5.32 Å². The fourth-order valence-electron chi connectivity index (χ4n) is 2.27. The second-order valence-electron chi connectivity index (χ2n) is 4.39. The highest BCUT2D eigenvalue weighted by Crippen LogP contribution is 2.18. The van der Waals surface area contributed by atoms with Crippen LogP contribution in [0.1, 0.15) is 39.0 Å². The highest BCUT2D eigenvalue weighted by Gasteiger charge is 2.16. The lowest BCUT2D eigenvalue weighted by molar-refractivity contribution is 0.344. The van der Waals surface area contributed by atoms with E-state index >= 15 is 0 Å². The minimum absolute atomic E-state index is 0.350. The maximum absolute atomic E-state index is 3.65. The van der Waals surface area contributed by atoms with Crippen LogP contribution in [0.2, 0.25) is 0 Å². The zero-order chi connectivity index (χ0) is 9.80. The summed E-state index contributed by atoms with van der Waals surface area (Å²) in [6, 6.07) is 0.719. The molecule has 0 radical (unpaired) electrons. The number of allylic oxidation sites excluding steroid dienone is 2. The third kappa shape index (κ3) is 2.61. The summed E-state index contributed by atoms with van der Waals surface area (Å²) in [5.41, 5.74) is 1.34. The Hall–Kier alpha value is -0.760. The Bertz CT molecular complexity index is 237. The zero-order valence-corrected chi connectivity index (χ0v) is 8.92. The van der Waals surface area contributed by atoms with E-state index in [-0.39, 0.29) is 0 Å². The first kappa shape index (κ1) is 9.78. The predicted molar refractivity (Wildman–Crippen MR) is 59.8 cm³/mol. The largest absolute Gasteiger partial charge is 0.372 e. The average Bonchev–Trinajstić information content (AvgIpc) is 2.19. The Kier molecular flexibility index (Phi) is 3.25. The summed E-state index contributed by atoms with van der Waals surface area (Å²) in [6.45, 7) is 2.15. The van der Waals surface area contributed by atoms with Gasteiger partial charge in [-0.15, -0.1) is 0 Å². The van der Waals surface area contributed by atoms with Gasteiger partial charge in [-0.25, -0.2) is 0 Å². The van der Waals surface area contributed by atoms with Gasteiger partial charge in [0.05, 0.1) is 6.17 Å². The van der Waals surface area contributed by atoms with Crippen molar-refractivity contribution in [2.45, 2.75) is 51.2 Å². The highest BCUT2D eigenvalue weighted by molar-refractivity contribution is 5.22. The van der Waals surface area contributed by atoms with Crippen LogP contribution in [-0.2, 0) is 0 Å². The molecule has 0 saturated heterocycles. The van der Waals surface area contributed by atoms with Gasteiger partial charge in [0.1, 0.15) is 0 Å². The number of dihydropyridines is 1. The van der Waals surface area contributed by atoms with Crippen LogP contribution < -0.4 is 10.6 Å². The van der Waals surface area contributed by atoms with Gasteiger partial charge in [0.15, 0.2) is 0 Å². The van der Waals surface area contributed by atoms with Crippen molar-refractivity contribution in [2.75, 3.05) is 0 Å². The van der Waals surface area contributed by atoms with E-state index in [1.165, 1.54) is 37.7 Å². The smallest absolute Gasteiger partial charge is 0.0964 e. The van der Waals surface area contributed by atoms with Crippen LogP contribution >= 0.6 is 0 Å². The normalized spacial score (nSPS) is 28.4. The third-order valence-corrected chi connectivity index (χ3v) is 3.07. The van der Waals surface area contributed by atoms with E-state index in [1.54, 1.807) is 0 Å². The van der Waals surface area contributed by atoms with Crippen LogP contribution in [0.4, 0.5) is 0 Å². The molecule has 1 atom stereocenters. The molecule has 0 aromatic rings. The molecule has 2 aliphatic rings. The molecule has 0 spiro atoms. The summed E-state index contributed by atoms with van der Waals surface area (Å²) in [6.07, 6.45) is 13.6. The topological polar surface area (TPSA) is 24.1 Å². The summed E-state index contributed by atoms with van der Waals surface area (Å²) in [4.78, 5) is 0. The van der Waals surface area contributed by atoms with Crippen molar-refractivity contribution in [3.05, 3.63) is 23.9 Å². The molecule has 1 fully saturated rings. The van der Waals surface area contributed by atoms with Crippen LogP contribution in [-0.4, -0.2) is 12.2 Å². The minimum Gasteiger partial charge on any atom is -0.372 e. The van der Waals surface area contributed by atoms with Crippen LogP contribution in [0.3, 0.4) is 0 Å². The average molecular weight is 192 g/mol. The van der Waals surface area contributed by atoms with Gasteiger partial charge >= 0.3 is 0 Å². The van der Waals surface area contributed by atoms with Crippen molar-refractivity contribution in [1.29, 1.82) is 0 Å². The molecule has 0 bridgehead atoms. The van der Waals surface area contributed by atoms with Crippen molar-refractivity contribution in [2.24, 2.45) is 0 Å². The molecule has 0 aromatic carbocycles. The van der Waals surface area contributed by atoms with Crippen molar-refractivity contribution in [3.63, 3.8) is 0 Å². The molecule has 1 unspecified atom stereocenters. The zero-order valence-electron chi connectivity index (χ0n) is 8.92. The lowest BCUT2D eigenvalue weighted by atomic mass is 9.95. The first-order chi connectivity index (χ1) is 6.84. The van der Waals surface area contributed by atoms with Crippen molar-refractivity contribution in [1.82, 2.24) is 10.6 Å². The van der Waals surface area contributed by atoms with Gasteiger partial charge in [-0.1, -0.05) is 24.8 Å². The lowest BCUT2D eigenvalue weighted by Gasteiger charge is -2.28. The molecule has 2 rings (SSSR count). The molecule has 14 heavy (non-hydrogen) atoms. The monoisotopic (exact) mass is 192 g/mol. The van der Waals surface area contributed by atoms with E-state index in [9.17, 15) is 0 Å². The van der Waals surface area contributed by atoms with Crippen molar-refractivity contribution < 1.29 is 0 Å². The van der Waals surface area contributed by atoms with E-state index in [4.69, 9.17) is 0 Å². The van der Waals surface area contributed by atoms with E-state index in [0.29, 0.717) is 6.17 Å². The molecule has 2 nitrogen and oxygen atoms in total. The lowest BCUT2D eigenvalue weighted by Crippen LogP contribution is -2.45. The quantitative estimate of drug-likeness (QED) is 0.701.